The van der Waals surface area contributed by atoms with E-state index < -0.39 is 45.7 Å². The summed E-state index contributed by atoms with van der Waals surface area (Å²) in [5.74, 6) is -3.81. The highest BCUT2D eigenvalue weighted by molar-refractivity contribution is 6.36. The molecule has 9 nitrogen and oxygen atoms in total. The van der Waals surface area contributed by atoms with Crippen LogP contribution >= 0.6 is 0 Å². The average Bonchev–Trinajstić information content (AvgIpc) is 3.49. The van der Waals surface area contributed by atoms with E-state index in [9.17, 15) is 29.3 Å². The number of anilines is 1. The molecule has 2 amide bonds. The summed E-state index contributed by atoms with van der Waals surface area (Å²) < 4.78 is 0. The summed E-state index contributed by atoms with van der Waals surface area (Å²) in [6, 6.07) is 10.3. The molecule has 2 aromatic carbocycles. The Balaban J connectivity index is 1.54. The molecular weight excluding hydrogens is 426 g/mol. The molecular formula is C24H20N3O6+. The highest BCUT2D eigenvalue weighted by atomic mass is 16.6. The van der Waals surface area contributed by atoms with Gasteiger partial charge >= 0.3 is 0 Å². The molecule has 3 heterocycles. The summed E-state index contributed by atoms with van der Waals surface area (Å²) in [4.78, 5) is 67.7. The van der Waals surface area contributed by atoms with Crippen LogP contribution in [0, 0.1) is 28.9 Å². The maximum atomic E-state index is 13.9. The first-order chi connectivity index (χ1) is 15.8. The summed E-state index contributed by atoms with van der Waals surface area (Å²) in [5, 5.41) is 11.3. The number of imide groups is 1. The molecule has 0 bridgehead atoms. The molecule has 0 saturated carbocycles. The molecule has 2 aromatic rings. The highest BCUT2D eigenvalue weighted by Gasteiger charge is 2.80. The highest BCUT2D eigenvalue weighted by Crippen LogP contribution is 2.49. The van der Waals surface area contributed by atoms with Crippen LogP contribution in [0.1, 0.15) is 39.1 Å². The number of amides is 2. The Morgan fingerprint density at radius 2 is 1.70 bits per heavy atom. The summed E-state index contributed by atoms with van der Waals surface area (Å²) >= 11 is 0. The zero-order valence-corrected chi connectivity index (χ0v) is 17.7. The number of nitrogens with one attached hydrogen (secondary N) is 1. The van der Waals surface area contributed by atoms with Crippen molar-refractivity contribution >= 4 is 34.8 Å². The number of nitro benzene ring substituents is 1. The first kappa shape index (κ1) is 19.9. The Labute approximate surface area is 188 Å². The Morgan fingerprint density at radius 3 is 2.33 bits per heavy atom. The van der Waals surface area contributed by atoms with E-state index in [0.717, 1.165) is 16.2 Å². The molecule has 166 valence electrons. The molecule has 1 N–H and O–H groups in total. The molecule has 3 aliphatic heterocycles. The number of nitrogens with zero attached hydrogens (tertiary/aromatic N) is 2. The van der Waals surface area contributed by atoms with Gasteiger partial charge < -0.3 is 4.90 Å². The van der Waals surface area contributed by atoms with Crippen LogP contribution in [0.25, 0.3) is 0 Å². The van der Waals surface area contributed by atoms with Crippen molar-refractivity contribution in [2.24, 2.45) is 11.8 Å². The van der Waals surface area contributed by atoms with E-state index in [0.29, 0.717) is 29.7 Å². The van der Waals surface area contributed by atoms with Gasteiger partial charge in [-0.25, -0.2) is 4.90 Å². The molecule has 4 aliphatic rings. The van der Waals surface area contributed by atoms with Crippen molar-refractivity contribution in [1.29, 1.82) is 0 Å². The number of carbonyl (C=O) groups is 4. The van der Waals surface area contributed by atoms with E-state index in [-0.39, 0.29) is 17.4 Å². The molecule has 3 fully saturated rings. The fourth-order valence-corrected chi connectivity index (χ4v) is 6.68. The fourth-order valence-electron chi connectivity index (χ4n) is 6.68. The number of quaternary nitrogens is 1. The minimum Gasteiger partial charge on any atom is -0.313 e. The van der Waals surface area contributed by atoms with Crippen LogP contribution in [0.5, 0.6) is 0 Å². The third kappa shape index (κ3) is 2.20. The van der Waals surface area contributed by atoms with E-state index in [1.54, 1.807) is 31.2 Å². The van der Waals surface area contributed by atoms with E-state index in [4.69, 9.17) is 0 Å². The van der Waals surface area contributed by atoms with E-state index in [1.807, 2.05) is 0 Å². The molecule has 4 atom stereocenters. The van der Waals surface area contributed by atoms with Crippen molar-refractivity contribution in [2.75, 3.05) is 11.4 Å². The van der Waals surface area contributed by atoms with Crippen LogP contribution in [0.4, 0.5) is 11.4 Å². The van der Waals surface area contributed by atoms with Crippen molar-refractivity contribution in [1.82, 2.24) is 0 Å². The zero-order chi connectivity index (χ0) is 23.2. The van der Waals surface area contributed by atoms with Gasteiger partial charge in [0.1, 0.15) is 17.9 Å². The van der Waals surface area contributed by atoms with Gasteiger partial charge in [0.2, 0.25) is 28.9 Å². The standard InChI is InChI=1S/C24H19N3O6/c1-12-8-9-13(27(32)33)11-17(12)26-22(30)18-16-7-4-10-25(16)24(19(18)23(26)31)20(28)14-5-2-3-6-15(14)21(24)29/h2-3,5-6,8-9,11,16,18-19H,4,7,10H2,1H3/p+1/t16-,18+,19-/m1/s1. The number of aryl methyl sites for hydroxylation is 1. The monoisotopic (exact) mass is 446 g/mol. The average molecular weight is 446 g/mol. The van der Waals surface area contributed by atoms with Gasteiger partial charge in [-0.1, -0.05) is 30.3 Å². The minimum atomic E-state index is -1.65. The van der Waals surface area contributed by atoms with Crippen molar-refractivity contribution in [2.45, 2.75) is 31.3 Å². The van der Waals surface area contributed by atoms with Crippen LogP contribution in [0.2, 0.25) is 0 Å². The van der Waals surface area contributed by atoms with E-state index in [1.165, 1.54) is 18.2 Å². The number of nitro groups is 1. The maximum Gasteiger partial charge on any atom is 0.271 e. The summed E-state index contributed by atoms with van der Waals surface area (Å²) in [5.41, 5.74) is -0.626. The predicted molar refractivity (Wildman–Crippen MR) is 114 cm³/mol. The topological polar surface area (TPSA) is 119 Å². The lowest BCUT2D eigenvalue weighted by Gasteiger charge is -2.32. The molecule has 6 rings (SSSR count). The zero-order valence-electron chi connectivity index (χ0n) is 17.7. The SMILES string of the molecule is Cc1ccc([N+](=O)[O-])cc1N1C(=O)[C@H]2[C@H]3CCC[NH+]3C3(C(=O)c4ccccc4C3=O)[C@H]2C1=O. The minimum absolute atomic E-state index is 0.138. The second kappa shape index (κ2) is 6.41. The Kier molecular flexibility index (Phi) is 3.87. The van der Waals surface area contributed by atoms with E-state index >= 15 is 0 Å². The number of non-ortho nitro benzene ring substituents is 1. The Morgan fingerprint density at radius 1 is 1.03 bits per heavy atom. The van der Waals surface area contributed by atoms with Crippen LogP contribution in [-0.2, 0) is 9.59 Å². The van der Waals surface area contributed by atoms with Crippen molar-refractivity contribution < 1.29 is 29.0 Å². The van der Waals surface area contributed by atoms with Crippen LogP contribution in [0.15, 0.2) is 42.5 Å². The third-order valence-electron chi connectivity index (χ3n) is 7.94. The third-order valence-corrected chi connectivity index (χ3v) is 7.94. The summed E-state index contributed by atoms with van der Waals surface area (Å²) in [6.07, 6.45) is 1.38. The first-order valence-corrected chi connectivity index (χ1v) is 11.0. The molecule has 1 spiro atoms. The summed E-state index contributed by atoms with van der Waals surface area (Å²) in [7, 11) is 0. The smallest absolute Gasteiger partial charge is 0.271 e. The number of carbonyl (C=O) groups excluding carboxylic acids is 4. The number of Topliss-reactive ketones (excluding diaryl/α,β-unsaturated/α-hetero) is 2. The molecule has 1 aliphatic carbocycles. The van der Waals surface area contributed by atoms with Crippen molar-refractivity contribution in [3.8, 4) is 0 Å². The number of fused-ring (bicyclic) bond motifs is 6. The number of benzene rings is 2. The normalized spacial score (nSPS) is 29.1. The molecule has 3 saturated heterocycles. The number of hydrogen-bond acceptors (Lipinski definition) is 6. The van der Waals surface area contributed by atoms with Gasteiger partial charge in [0, 0.05) is 36.1 Å². The largest absolute Gasteiger partial charge is 0.313 e. The second-order valence-corrected chi connectivity index (χ2v) is 9.28. The lowest BCUT2D eigenvalue weighted by molar-refractivity contribution is -0.930. The van der Waals surface area contributed by atoms with Gasteiger partial charge in [-0.15, -0.1) is 0 Å². The second-order valence-electron chi connectivity index (χ2n) is 9.28. The Hall–Kier alpha value is -3.72. The van der Waals surface area contributed by atoms with Crippen molar-refractivity contribution in [3.05, 3.63) is 69.3 Å². The van der Waals surface area contributed by atoms with Gasteiger partial charge in [-0.3, -0.25) is 29.3 Å². The Bertz CT molecular complexity index is 1280. The lowest BCUT2D eigenvalue weighted by atomic mass is 9.76. The molecule has 0 radical (unpaired) electrons. The fraction of sp³-hybridized carbons (Fsp3) is 0.333. The van der Waals surface area contributed by atoms with Gasteiger partial charge in [-0.05, 0) is 12.5 Å². The van der Waals surface area contributed by atoms with Gasteiger partial charge in [0.05, 0.1) is 17.2 Å². The molecule has 33 heavy (non-hydrogen) atoms. The number of hydrogen-bond donors (Lipinski definition) is 1. The summed E-state index contributed by atoms with van der Waals surface area (Å²) in [6.45, 7) is 2.21. The van der Waals surface area contributed by atoms with Crippen LogP contribution in [-0.4, -0.2) is 46.4 Å². The van der Waals surface area contributed by atoms with Crippen LogP contribution in [0.3, 0.4) is 0 Å². The van der Waals surface area contributed by atoms with E-state index in [2.05, 4.69) is 0 Å². The first-order valence-electron chi connectivity index (χ1n) is 11.0. The number of rotatable bonds is 2. The van der Waals surface area contributed by atoms with Crippen molar-refractivity contribution in [3.63, 3.8) is 0 Å². The molecule has 1 unspecified atom stereocenters. The van der Waals surface area contributed by atoms with Crippen LogP contribution < -0.4 is 9.80 Å². The van der Waals surface area contributed by atoms with Gasteiger partial charge in [-0.2, -0.15) is 0 Å². The number of ketones is 2. The maximum absolute atomic E-state index is 13.9. The molecule has 0 aromatic heterocycles. The quantitative estimate of drug-likeness (QED) is 0.317. The molecule has 9 heteroatoms. The lowest BCUT2D eigenvalue weighted by Crippen LogP contribution is -3.22. The van der Waals surface area contributed by atoms with Gasteiger partial charge in [0.25, 0.3) is 5.69 Å². The van der Waals surface area contributed by atoms with Gasteiger partial charge in [0.15, 0.2) is 0 Å². The predicted octanol–water partition coefficient (Wildman–Crippen LogP) is 0.888.